The van der Waals surface area contributed by atoms with E-state index in [2.05, 4.69) is 38.1 Å². The van der Waals surface area contributed by atoms with Gasteiger partial charge in [0.05, 0.1) is 7.11 Å². The second-order valence-corrected chi connectivity index (χ2v) is 7.67. The summed E-state index contributed by atoms with van der Waals surface area (Å²) >= 11 is 0. The smallest absolute Gasteiger partial charge is 0.347 e. The van der Waals surface area contributed by atoms with Gasteiger partial charge in [-0.05, 0) is 62.3 Å². The maximum atomic E-state index is 10.7. The normalized spacial score (nSPS) is 9.90. The molecule has 0 spiro atoms. The van der Waals surface area contributed by atoms with Crippen LogP contribution in [0.2, 0.25) is 0 Å². The molecule has 158 valence electrons. The first-order valence-corrected chi connectivity index (χ1v) is 10.8. The van der Waals surface area contributed by atoms with E-state index in [0.717, 1.165) is 31.4 Å². The van der Waals surface area contributed by atoms with E-state index in [0.29, 0.717) is 6.42 Å². The fourth-order valence-electron chi connectivity index (χ4n) is 2.67. The van der Waals surface area contributed by atoms with Gasteiger partial charge in [0.15, 0.2) is 4.86 Å². The van der Waals surface area contributed by atoms with Crippen LogP contribution in [0.15, 0.2) is 48.5 Å². The van der Waals surface area contributed by atoms with Crippen LogP contribution in [0.4, 0.5) is 0 Å². The summed E-state index contributed by atoms with van der Waals surface area (Å²) in [6, 6.07) is 16.4. The number of ether oxygens (including phenoxy) is 1. The van der Waals surface area contributed by atoms with Crippen LogP contribution in [0.25, 0.3) is 0 Å². The molecule has 0 aliphatic carbocycles. The van der Waals surface area contributed by atoms with E-state index < -0.39 is 21.1 Å². The summed E-state index contributed by atoms with van der Waals surface area (Å²) < 4.78 is 26.4. The van der Waals surface area contributed by atoms with Gasteiger partial charge in [0.2, 0.25) is 10.3 Å². The fraction of sp³-hybridized carbons (Fsp3) is 0.391. The first-order chi connectivity index (χ1) is 13.9. The summed E-state index contributed by atoms with van der Waals surface area (Å²) in [4.78, 5) is 10.2. The summed E-state index contributed by atoms with van der Waals surface area (Å²) in [7, 11) is -1.01. The number of methoxy groups -OCH3 is 1. The number of carboxylic acids is 1. The van der Waals surface area contributed by atoms with Gasteiger partial charge in [0, 0.05) is 0 Å². The van der Waals surface area contributed by atoms with Crippen molar-refractivity contribution in [1.82, 2.24) is 0 Å². The van der Waals surface area contributed by atoms with Crippen LogP contribution >= 0.6 is 0 Å². The van der Waals surface area contributed by atoms with Gasteiger partial charge >= 0.3 is 5.97 Å². The van der Waals surface area contributed by atoms with Crippen molar-refractivity contribution in [2.75, 3.05) is 7.11 Å². The molecule has 0 atom stereocenters. The van der Waals surface area contributed by atoms with Gasteiger partial charge in [-0.3, -0.25) is 0 Å². The van der Waals surface area contributed by atoms with Crippen LogP contribution in [-0.4, -0.2) is 31.5 Å². The molecule has 2 rings (SSSR count). The van der Waals surface area contributed by atoms with Gasteiger partial charge in [-0.25, -0.2) is 4.79 Å². The van der Waals surface area contributed by atoms with Crippen LogP contribution in [-0.2, 0) is 27.9 Å². The van der Waals surface area contributed by atoms with Gasteiger partial charge in [0.25, 0.3) is 0 Å². The summed E-state index contributed by atoms with van der Waals surface area (Å²) in [5.74, 6) is -0.541. The Kier molecular flexibility index (Phi) is 11.4. The first kappa shape index (κ1) is 24.4. The molecule has 1 N–H and O–H groups in total. The molecule has 0 radical (unpaired) electrons. The molecule has 0 heterocycles. The first-order valence-electron chi connectivity index (χ1n) is 9.74. The minimum Gasteiger partial charge on any atom is -0.497 e. The highest BCUT2D eigenvalue weighted by molar-refractivity contribution is 7.74. The van der Waals surface area contributed by atoms with Crippen molar-refractivity contribution >= 4 is 21.1 Å². The quantitative estimate of drug-likeness (QED) is 0.479. The number of carboxylic acid groups (broad SMARTS) is 1. The molecule has 0 aromatic heterocycles. The molecule has 29 heavy (non-hydrogen) atoms. The fourth-order valence-corrected chi connectivity index (χ4v) is 3.12. The number of aryl methyl sites for hydroxylation is 3. The van der Waals surface area contributed by atoms with Gasteiger partial charge in [-0.1, -0.05) is 55.3 Å². The Morgan fingerprint density at radius 1 is 0.931 bits per heavy atom. The van der Waals surface area contributed by atoms with Crippen molar-refractivity contribution in [3.05, 3.63) is 65.2 Å². The van der Waals surface area contributed by atoms with Gasteiger partial charge in [-0.15, -0.1) is 0 Å². The number of benzene rings is 2. The van der Waals surface area contributed by atoms with E-state index in [1.54, 1.807) is 7.11 Å². The minimum atomic E-state index is -2.63. The maximum Gasteiger partial charge on any atom is 0.347 e. The average Bonchev–Trinajstić information content (AvgIpc) is 2.71. The Balaban J connectivity index is 0.000000387. The van der Waals surface area contributed by atoms with Gasteiger partial charge < -0.3 is 9.84 Å². The number of aliphatic carboxylic acids is 1. The molecule has 0 bridgehead atoms. The molecule has 0 saturated carbocycles. The highest BCUT2D eigenvalue weighted by atomic mass is 32.2. The van der Waals surface area contributed by atoms with E-state index >= 15 is 0 Å². The SMILES string of the molecule is CCc1ccc(C)cc1.COc1ccc(CCCCCC(C(=O)O)=S(=O)=O)cc1. The van der Waals surface area contributed by atoms with E-state index in [4.69, 9.17) is 9.84 Å². The van der Waals surface area contributed by atoms with Crippen LogP contribution in [0, 0.1) is 6.92 Å². The highest BCUT2D eigenvalue weighted by Gasteiger charge is 2.10. The summed E-state index contributed by atoms with van der Waals surface area (Å²) in [6.07, 6.45) is 4.36. The van der Waals surface area contributed by atoms with Crippen molar-refractivity contribution in [3.8, 4) is 5.75 Å². The lowest BCUT2D eigenvalue weighted by atomic mass is 10.1. The number of hydrogen-bond donors (Lipinski definition) is 1. The lowest BCUT2D eigenvalue weighted by Gasteiger charge is -2.03. The lowest BCUT2D eigenvalue weighted by molar-refractivity contribution is -0.129. The molecule has 0 aliphatic rings. The minimum absolute atomic E-state index is 0.0913. The molecular weight excluding hydrogens is 388 g/mol. The topological polar surface area (TPSA) is 80.7 Å². The van der Waals surface area contributed by atoms with Gasteiger partial charge in [-0.2, -0.15) is 8.42 Å². The third-order valence-electron chi connectivity index (χ3n) is 4.50. The zero-order valence-electron chi connectivity index (χ0n) is 17.3. The second-order valence-electron chi connectivity index (χ2n) is 6.71. The molecule has 5 nitrogen and oxygen atoms in total. The predicted octanol–water partition coefficient (Wildman–Crippen LogP) is 4.49. The van der Waals surface area contributed by atoms with E-state index in [9.17, 15) is 13.2 Å². The third kappa shape index (κ3) is 9.94. The molecule has 2 aromatic carbocycles. The number of hydrogen-bond acceptors (Lipinski definition) is 4. The summed E-state index contributed by atoms with van der Waals surface area (Å²) in [6.45, 7) is 4.28. The Labute approximate surface area is 174 Å². The monoisotopic (exact) mass is 418 g/mol. The molecule has 0 amide bonds. The Hall–Kier alpha value is -2.60. The standard InChI is InChI=1S/C14H18O5S.C9H12/c1-19-12-9-7-11(8-10-12)5-3-2-4-6-13(14(15)16)20(17)18;1-3-9-6-4-8(2)5-7-9/h7-10H,2-6H2,1H3,(H,15,16);4-7H,3H2,1-2H3. The van der Waals surface area contributed by atoms with Crippen molar-refractivity contribution in [2.24, 2.45) is 0 Å². The van der Waals surface area contributed by atoms with Crippen LogP contribution in [0.1, 0.15) is 49.3 Å². The summed E-state index contributed by atoms with van der Waals surface area (Å²) in [5.41, 5.74) is 3.94. The molecular formula is C23H30O5S. The third-order valence-corrected chi connectivity index (χ3v) is 5.28. The molecule has 0 fully saturated rings. The van der Waals surface area contributed by atoms with Crippen molar-refractivity contribution in [1.29, 1.82) is 0 Å². The van der Waals surface area contributed by atoms with E-state index in [1.807, 2.05) is 24.3 Å². The molecule has 0 aliphatic heterocycles. The summed E-state index contributed by atoms with van der Waals surface area (Å²) in [5, 5.41) is 8.69. The average molecular weight is 419 g/mol. The number of rotatable bonds is 9. The largest absolute Gasteiger partial charge is 0.497 e. The van der Waals surface area contributed by atoms with Crippen molar-refractivity contribution in [3.63, 3.8) is 0 Å². The van der Waals surface area contributed by atoms with Crippen LogP contribution in [0.3, 0.4) is 0 Å². The van der Waals surface area contributed by atoms with Crippen molar-refractivity contribution < 1.29 is 23.1 Å². The van der Waals surface area contributed by atoms with E-state index in [-0.39, 0.29) is 6.42 Å². The second kappa shape index (κ2) is 13.6. The van der Waals surface area contributed by atoms with Crippen LogP contribution < -0.4 is 4.74 Å². The zero-order chi connectivity index (χ0) is 21.6. The zero-order valence-corrected chi connectivity index (χ0v) is 18.2. The maximum absolute atomic E-state index is 10.7. The van der Waals surface area contributed by atoms with Crippen molar-refractivity contribution in [2.45, 2.75) is 52.4 Å². The Morgan fingerprint density at radius 3 is 2.00 bits per heavy atom. The predicted molar refractivity (Wildman–Crippen MR) is 117 cm³/mol. The molecule has 0 saturated heterocycles. The van der Waals surface area contributed by atoms with Gasteiger partial charge in [0.1, 0.15) is 5.75 Å². The Bertz CT molecular complexity index is 874. The highest BCUT2D eigenvalue weighted by Crippen LogP contribution is 2.14. The Morgan fingerprint density at radius 2 is 1.52 bits per heavy atom. The molecule has 2 aromatic rings. The van der Waals surface area contributed by atoms with E-state index in [1.165, 1.54) is 16.7 Å². The van der Waals surface area contributed by atoms with Crippen LogP contribution in [0.5, 0.6) is 5.75 Å². The number of carbonyl (C=O) groups is 1. The number of unbranched alkanes of at least 4 members (excludes halogenated alkanes) is 2. The molecule has 6 heteroatoms. The lowest BCUT2D eigenvalue weighted by Crippen LogP contribution is -2.13. The molecule has 0 unspecified atom stereocenters.